The Kier molecular flexibility index (Phi) is 7.54. The minimum atomic E-state index is -0.593. The lowest BCUT2D eigenvalue weighted by molar-refractivity contribution is -0.126. The first kappa shape index (κ1) is 28.8. The quantitative estimate of drug-likeness (QED) is 0.424. The van der Waals surface area contributed by atoms with E-state index in [9.17, 15) is 10.1 Å². The van der Waals surface area contributed by atoms with Gasteiger partial charge in [-0.25, -0.2) is 4.98 Å². The number of aryl methyl sites for hydroxylation is 1. The van der Waals surface area contributed by atoms with Gasteiger partial charge in [-0.05, 0) is 57.7 Å². The fourth-order valence-corrected chi connectivity index (χ4v) is 8.69. The van der Waals surface area contributed by atoms with E-state index in [2.05, 4.69) is 45.5 Å². The summed E-state index contributed by atoms with van der Waals surface area (Å²) >= 11 is 1.50. The van der Waals surface area contributed by atoms with Gasteiger partial charge in [-0.15, -0.1) is 11.3 Å². The minimum absolute atomic E-state index is 0.0308. The second-order valence-electron chi connectivity index (χ2n) is 12.6. The summed E-state index contributed by atoms with van der Waals surface area (Å²) in [5, 5.41) is 14.9. The van der Waals surface area contributed by atoms with Gasteiger partial charge in [0.05, 0.1) is 11.0 Å². The number of hydrogen-bond acceptors (Lipinski definition) is 11. The molecule has 2 N–H and O–H groups in total. The Morgan fingerprint density at radius 3 is 2.75 bits per heavy atom. The number of piperidine rings is 1. The Balaban J connectivity index is 1.23. The van der Waals surface area contributed by atoms with Crippen molar-refractivity contribution in [2.45, 2.75) is 56.9 Å². The van der Waals surface area contributed by atoms with Gasteiger partial charge in [0.25, 0.3) is 0 Å². The van der Waals surface area contributed by atoms with Crippen LogP contribution in [0.2, 0.25) is 0 Å². The molecule has 1 aliphatic carbocycles. The zero-order valence-corrected chi connectivity index (χ0v) is 26.1. The average molecular weight is 614 g/mol. The number of pyridine rings is 1. The molecule has 3 aromatic heterocycles. The lowest BCUT2D eigenvalue weighted by atomic mass is 9.72. The molecule has 2 unspecified atom stereocenters. The van der Waals surface area contributed by atoms with Crippen molar-refractivity contribution in [3.63, 3.8) is 0 Å². The van der Waals surface area contributed by atoms with Gasteiger partial charge < -0.3 is 25.0 Å². The van der Waals surface area contributed by atoms with Crippen molar-refractivity contribution in [3.8, 4) is 17.6 Å². The summed E-state index contributed by atoms with van der Waals surface area (Å²) in [6.07, 6.45) is 7.81. The molecule has 44 heavy (non-hydrogen) atoms. The molecule has 3 saturated heterocycles. The lowest BCUT2D eigenvalue weighted by Gasteiger charge is -2.44. The molecule has 1 amide bonds. The highest BCUT2D eigenvalue weighted by Gasteiger charge is 2.43. The molecule has 0 spiro atoms. The molecule has 0 saturated carbocycles. The number of rotatable bonds is 5. The number of nitrogens with two attached hydrogens (primary N) is 1. The molecule has 3 aromatic rings. The number of fused-ring (bicyclic) bond motifs is 2. The molecule has 11 nitrogen and oxygen atoms in total. The molecule has 4 aliphatic rings. The van der Waals surface area contributed by atoms with Crippen LogP contribution in [0.1, 0.15) is 60.9 Å². The molecule has 3 fully saturated rings. The topological polar surface area (TPSA) is 132 Å². The van der Waals surface area contributed by atoms with Crippen molar-refractivity contribution in [2.75, 3.05) is 67.9 Å². The van der Waals surface area contributed by atoms with Gasteiger partial charge in [-0.1, -0.05) is 18.2 Å². The van der Waals surface area contributed by atoms with Crippen LogP contribution in [-0.2, 0) is 16.6 Å². The third kappa shape index (κ3) is 5.02. The van der Waals surface area contributed by atoms with Crippen LogP contribution in [0.15, 0.2) is 29.3 Å². The van der Waals surface area contributed by atoms with Gasteiger partial charge in [0, 0.05) is 74.0 Å². The van der Waals surface area contributed by atoms with Crippen LogP contribution in [0.4, 0.5) is 16.5 Å². The third-order valence-corrected chi connectivity index (χ3v) is 11.0. The summed E-state index contributed by atoms with van der Waals surface area (Å²) in [6.45, 7) is 12.5. The Morgan fingerprint density at radius 1 is 1.14 bits per heavy atom. The smallest absolute Gasteiger partial charge is 0.246 e. The first-order valence-electron chi connectivity index (χ1n) is 15.7. The maximum Gasteiger partial charge on any atom is 0.246 e. The largest absolute Gasteiger partial charge is 0.389 e. The van der Waals surface area contributed by atoms with Crippen molar-refractivity contribution in [3.05, 3.63) is 46.7 Å². The van der Waals surface area contributed by atoms with E-state index >= 15 is 0 Å². The summed E-state index contributed by atoms with van der Waals surface area (Å²) in [7, 11) is 0. The van der Waals surface area contributed by atoms with E-state index in [1.165, 1.54) is 43.2 Å². The zero-order chi connectivity index (χ0) is 30.4. The van der Waals surface area contributed by atoms with Gasteiger partial charge in [-0.2, -0.15) is 10.2 Å². The highest BCUT2D eigenvalue weighted by molar-refractivity contribution is 7.16. The van der Waals surface area contributed by atoms with Crippen LogP contribution >= 0.6 is 11.3 Å². The van der Waals surface area contributed by atoms with Crippen LogP contribution in [0.5, 0.6) is 0 Å². The number of nitrogens with zero attached hydrogens (tertiary/aromatic N) is 8. The summed E-state index contributed by atoms with van der Waals surface area (Å²) in [4.78, 5) is 32.6. The maximum atomic E-state index is 12.2. The molecular weight excluding hydrogens is 574 g/mol. The number of anilines is 3. The fraction of sp³-hybridized carbons (Fsp3) is 0.531. The van der Waals surface area contributed by atoms with E-state index in [-0.39, 0.29) is 5.91 Å². The Hall–Kier alpha value is -3.95. The fourth-order valence-electron chi connectivity index (χ4n) is 7.50. The van der Waals surface area contributed by atoms with Crippen LogP contribution in [-0.4, -0.2) is 89.2 Å². The van der Waals surface area contributed by atoms with Crippen molar-refractivity contribution < 1.29 is 9.32 Å². The number of nitriles is 1. The molecule has 0 aromatic carbocycles. The Bertz CT molecular complexity index is 1620. The van der Waals surface area contributed by atoms with E-state index in [4.69, 9.17) is 20.2 Å². The van der Waals surface area contributed by atoms with Gasteiger partial charge in [-0.3, -0.25) is 9.69 Å². The molecule has 7 rings (SSSR count). The first-order chi connectivity index (χ1) is 21.4. The van der Waals surface area contributed by atoms with Crippen LogP contribution in [0.25, 0.3) is 11.5 Å². The molecule has 230 valence electrons. The number of thiophene rings is 1. The summed E-state index contributed by atoms with van der Waals surface area (Å²) in [5.41, 5.74) is 8.83. The predicted molar refractivity (Wildman–Crippen MR) is 171 cm³/mol. The van der Waals surface area contributed by atoms with Crippen LogP contribution in [0, 0.1) is 11.3 Å². The van der Waals surface area contributed by atoms with E-state index in [1.54, 1.807) is 0 Å². The second kappa shape index (κ2) is 11.5. The number of nitrogen functional groups attached to an aromatic ring is 1. The van der Waals surface area contributed by atoms with Gasteiger partial charge in [0.1, 0.15) is 22.6 Å². The molecule has 0 radical (unpaired) electrons. The zero-order valence-electron chi connectivity index (χ0n) is 25.3. The maximum absolute atomic E-state index is 12.2. The molecule has 12 heteroatoms. The second-order valence-corrected chi connectivity index (χ2v) is 13.7. The average Bonchev–Trinajstić information content (AvgIpc) is 3.70. The highest BCUT2D eigenvalue weighted by atomic mass is 32.1. The predicted octanol–water partition coefficient (Wildman–Crippen LogP) is 3.80. The van der Waals surface area contributed by atoms with Crippen LogP contribution in [0.3, 0.4) is 0 Å². The van der Waals surface area contributed by atoms with E-state index in [0.717, 1.165) is 60.8 Å². The molecule has 3 aliphatic heterocycles. The highest BCUT2D eigenvalue weighted by Crippen LogP contribution is 2.48. The van der Waals surface area contributed by atoms with Crippen molar-refractivity contribution in [1.82, 2.24) is 24.9 Å². The van der Waals surface area contributed by atoms with E-state index in [0.29, 0.717) is 60.2 Å². The van der Waals surface area contributed by atoms with E-state index in [1.807, 2.05) is 11.0 Å². The number of hydrogen-bond donors (Lipinski definition) is 1. The molecule has 2 atom stereocenters. The Labute approximate surface area is 261 Å². The van der Waals surface area contributed by atoms with E-state index < -0.39 is 5.41 Å². The SMILES string of the molecule is C=CC(=O)N1CCN(c2cc(-c3noc(C4(C)CCCc5sc(N)c(C#N)c54)n3)nc(N3CCN4CCCCC4C3)c2)CC1. The number of carbonyl (C=O) groups excluding carboxylic acids is 1. The number of amides is 1. The van der Waals surface area contributed by atoms with Crippen molar-refractivity contribution in [2.24, 2.45) is 0 Å². The lowest BCUT2D eigenvalue weighted by Crippen LogP contribution is -2.55. The van der Waals surface area contributed by atoms with Crippen LogP contribution < -0.4 is 15.5 Å². The standard InChI is InChI=1S/C32H39N9O2S/c1-3-27(42)40-14-11-39(12-15-40)22-17-24(35-26(18-22)41-16-13-38-10-5-4-7-21(38)20-41)30-36-31(43-37-30)32(2)9-6-8-25-28(32)23(19-33)29(34)44-25/h3,17-18,21H,1,4-16,20,34H2,2H3. The summed E-state index contributed by atoms with van der Waals surface area (Å²) in [6, 6.07) is 7.09. The molecule has 0 bridgehead atoms. The molecular formula is C32H39N9O2S. The van der Waals surface area contributed by atoms with Crippen molar-refractivity contribution >= 4 is 33.8 Å². The normalized spacial score (nSPS) is 24.0. The first-order valence-corrected chi connectivity index (χ1v) is 16.5. The third-order valence-electron chi connectivity index (χ3n) is 9.97. The Morgan fingerprint density at radius 2 is 1.95 bits per heavy atom. The van der Waals surface area contributed by atoms with Crippen molar-refractivity contribution in [1.29, 1.82) is 5.26 Å². The summed E-state index contributed by atoms with van der Waals surface area (Å²) < 4.78 is 5.99. The monoisotopic (exact) mass is 613 g/mol. The summed E-state index contributed by atoms with van der Waals surface area (Å²) in [5.74, 6) is 1.82. The van der Waals surface area contributed by atoms with Gasteiger partial charge in [0.15, 0.2) is 0 Å². The number of piperazine rings is 2. The number of aromatic nitrogens is 3. The van der Waals surface area contributed by atoms with Gasteiger partial charge in [0.2, 0.25) is 17.6 Å². The minimum Gasteiger partial charge on any atom is -0.389 e. The number of carbonyl (C=O) groups is 1. The molecule has 6 heterocycles. The van der Waals surface area contributed by atoms with Gasteiger partial charge >= 0.3 is 0 Å².